The van der Waals surface area contributed by atoms with Crippen LogP contribution in [0.5, 0.6) is 0 Å². The molecule has 0 aromatic rings. The van der Waals surface area contributed by atoms with Gasteiger partial charge in [-0.05, 0) is 5.53 Å². The fraction of sp³-hybridized carbons (Fsp3) is 0.200. The van der Waals surface area contributed by atoms with Gasteiger partial charge in [-0.2, -0.15) is 0 Å². The monoisotopic (exact) mass is 107 g/mol. The van der Waals surface area contributed by atoms with E-state index in [0.29, 0.717) is 0 Å². The summed E-state index contributed by atoms with van der Waals surface area (Å²) in [5, 5.41) is 3.43. The van der Waals surface area contributed by atoms with Gasteiger partial charge < -0.3 is 0 Å². The maximum Gasteiger partial charge on any atom is 0.0742 e. The molecule has 3 nitrogen and oxygen atoms in total. The summed E-state index contributed by atoms with van der Waals surface area (Å²) < 4.78 is 0. The predicted octanol–water partition coefficient (Wildman–Crippen LogP) is 1.79. The molecule has 1 aliphatic rings. The zero-order chi connectivity index (χ0) is 5.82. The molecule has 0 saturated carbocycles. The van der Waals surface area contributed by atoms with E-state index in [0.717, 1.165) is 0 Å². The summed E-state index contributed by atoms with van der Waals surface area (Å²) in [6, 6.07) is -0.0417. The molecular formula is C5H5N3. The first kappa shape index (κ1) is 4.94. The standard InChI is InChI=1S/C5H5N3/c6-8-7-5-3-1-2-4-5/h1-5H. The first-order chi connectivity index (χ1) is 3.93. The molecule has 0 heterocycles. The van der Waals surface area contributed by atoms with Gasteiger partial charge in [-0.3, -0.25) is 0 Å². The van der Waals surface area contributed by atoms with Crippen LogP contribution in [-0.4, -0.2) is 6.04 Å². The molecule has 0 unspecified atom stereocenters. The van der Waals surface area contributed by atoms with E-state index in [1.807, 2.05) is 24.3 Å². The van der Waals surface area contributed by atoms with Crippen LogP contribution in [0, 0.1) is 0 Å². The summed E-state index contributed by atoms with van der Waals surface area (Å²) in [5.41, 5.74) is 7.92. The van der Waals surface area contributed by atoms with Crippen molar-refractivity contribution in [2.75, 3.05) is 0 Å². The van der Waals surface area contributed by atoms with E-state index in [4.69, 9.17) is 5.53 Å². The first-order valence-electron chi connectivity index (χ1n) is 2.32. The van der Waals surface area contributed by atoms with Gasteiger partial charge in [0.15, 0.2) is 0 Å². The van der Waals surface area contributed by atoms with E-state index in [9.17, 15) is 0 Å². The molecule has 8 heavy (non-hydrogen) atoms. The van der Waals surface area contributed by atoms with Crippen LogP contribution in [0.3, 0.4) is 0 Å². The van der Waals surface area contributed by atoms with E-state index in [-0.39, 0.29) is 6.04 Å². The average Bonchev–Trinajstić information content (AvgIpc) is 2.19. The van der Waals surface area contributed by atoms with Crippen LogP contribution in [0.1, 0.15) is 0 Å². The van der Waals surface area contributed by atoms with Gasteiger partial charge in [0.25, 0.3) is 0 Å². The highest BCUT2D eigenvalue weighted by Gasteiger charge is 1.96. The maximum atomic E-state index is 7.92. The molecular weight excluding hydrogens is 102 g/mol. The van der Waals surface area contributed by atoms with Gasteiger partial charge in [-0.25, -0.2) is 0 Å². The third kappa shape index (κ3) is 0.891. The van der Waals surface area contributed by atoms with Gasteiger partial charge >= 0.3 is 0 Å². The molecule has 1 rings (SSSR count). The highest BCUT2D eigenvalue weighted by molar-refractivity contribution is 5.21. The number of rotatable bonds is 1. The summed E-state index contributed by atoms with van der Waals surface area (Å²) in [5.74, 6) is 0. The quantitative estimate of drug-likeness (QED) is 0.278. The zero-order valence-corrected chi connectivity index (χ0v) is 4.23. The molecule has 0 saturated heterocycles. The Hall–Kier alpha value is -1.21. The summed E-state index contributed by atoms with van der Waals surface area (Å²) in [6.07, 6.45) is 7.39. The van der Waals surface area contributed by atoms with Crippen molar-refractivity contribution in [1.82, 2.24) is 0 Å². The van der Waals surface area contributed by atoms with Crippen LogP contribution in [-0.2, 0) is 0 Å². The lowest BCUT2D eigenvalue weighted by Gasteiger charge is -1.86. The van der Waals surface area contributed by atoms with Crippen molar-refractivity contribution in [1.29, 1.82) is 0 Å². The predicted molar refractivity (Wildman–Crippen MR) is 31.2 cm³/mol. The first-order valence-corrected chi connectivity index (χ1v) is 2.32. The average molecular weight is 107 g/mol. The van der Waals surface area contributed by atoms with E-state index in [1.165, 1.54) is 0 Å². The lowest BCUT2D eigenvalue weighted by Crippen LogP contribution is -1.85. The Bertz CT molecular complexity index is 162. The van der Waals surface area contributed by atoms with Crippen molar-refractivity contribution in [3.63, 3.8) is 0 Å². The number of azide groups is 1. The Labute approximate surface area is 46.9 Å². The third-order valence-corrected chi connectivity index (χ3v) is 0.913. The zero-order valence-electron chi connectivity index (χ0n) is 4.23. The summed E-state index contributed by atoms with van der Waals surface area (Å²) >= 11 is 0. The van der Waals surface area contributed by atoms with Crippen LogP contribution >= 0.6 is 0 Å². The third-order valence-electron chi connectivity index (χ3n) is 0.913. The SMILES string of the molecule is [N-]=[N+]=NC1C=CC=C1. The molecule has 0 amide bonds. The van der Waals surface area contributed by atoms with Crippen molar-refractivity contribution in [2.24, 2.45) is 5.11 Å². The summed E-state index contributed by atoms with van der Waals surface area (Å²) in [4.78, 5) is 2.64. The van der Waals surface area contributed by atoms with Crippen LogP contribution in [0.25, 0.3) is 10.4 Å². The summed E-state index contributed by atoms with van der Waals surface area (Å²) in [6.45, 7) is 0. The number of hydrogen-bond acceptors (Lipinski definition) is 1. The van der Waals surface area contributed by atoms with Crippen LogP contribution in [0.4, 0.5) is 0 Å². The number of nitrogens with zero attached hydrogens (tertiary/aromatic N) is 3. The van der Waals surface area contributed by atoms with Gasteiger partial charge in [-0.15, -0.1) is 0 Å². The topological polar surface area (TPSA) is 48.8 Å². The fourth-order valence-electron chi connectivity index (χ4n) is 0.557. The van der Waals surface area contributed by atoms with Crippen molar-refractivity contribution in [3.8, 4) is 0 Å². The van der Waals surface area contributed by atoms with E-state index in [1.54, 1.807) is 0 Å². The van der Waals surface area contributed by atoms with E-state index >= 15 is 0 Å². The van der Waals surface area contributed by atoms with Crippen LogP contribution in [0.15, 0.2) is 29.4 Å². The van der Waals surface area contributed by atoms with E-state index in [2.05, 4.69) is 10.0 Å². The minimum absolute atomic E-state index is 0.0417. The second-order valence-corrected chi connectivity index (χ2v) is 1.47. The molecule has 0 bridgehead atoms. The van der Waals surface area contributed by atoms with Crippen molar-refractivity contribution >= 4 is 0 Å². The second-order valence-electron chi connectivity index (χ2n) is 1.47. The minimum atomic E-state index is -0.0417. The lowest BCUT2D eigenvalue weighted by molar-refractivity contribution is 1.02. The molecule has 0 aliphatic heterocycles. The van der Waals surface area contributed by atoms with Crippen molar-refractivity contribution in [2.45, 2.75) is 6.04 Å². The van der Waals surface area contributed by atoms with Crippen molar-refractivity contribution < 1.29 is 0 Å². The lowest BCUT2D eigenvalue weighted by atomic mass is 10.4. The number of allylic oxidation sites excluding steroid dienone is 2. The number of hydrogen-bond donors (Lipinski definition) is 0. The Morgan fingerprint density at radius 2 is 2.00 bits per heavy atom. The van der Waals surface area contributed by atoms with Gasteiger partial charge in [0.05, 0.1) is 6.04 Å². The Balaban J connectivity index is 2.62. The highest BCUT2D eigenvalue weighted by atomic mass is 15.1. The molecule has 0 N–H and O–H groups in total. The molecule has 1 aliphatic carbocycles. The highest BCUT2D eigenvalue weighted by Crippen LogP contribution is 2.02. The maximum absolute atomic E-state index is 7.92. The molecule has 0 fully saturated rings. The van der Waals surface area contributed by atoms with Gasteiger partial charge in [0.2, 0.25) is 0 Å². The largest absolute Gasteiger partial charge is 0.0824 e. The fourth-order valence-corrected chi connectivity index (χ4v) is 0.557. The van der Waals surface area contributed by atoms with Gasteiger partial charge in [0.1, 0.15) is 0 Å². The minimum Gasteiger partial charge on any atom is -0.0824 e. The smallest absolute Gasteiger partial charge is 0.0742 e. The Kier molecular flexibility index (Phi) is 1.35. The molecule has 3 heteroatoms. The Morgan fingerprint density at radius 3 is 2.50 bits per heavy atom. The normalized spacial score (nSPS) is 16.5. The molecule has 0 radical (unpaired) electrons. The van der Waals surface area contributed by atoms with Gasteiger partial charge in [-0.1, -0.05) is 29.4 Å². The molecule has 0 spiro atoms. The molecule has 0 atom stereocenters. The van der Waals surface area contributed by atoms with E-state index < -0.39 is 0 Å². The van der Waals surface area contributed by atoms with Gasteiger partial charge in [0, 0.05) is 4.91 Å². The van der Waals surface area contributed by atoms with Crippen LogP contribution < -0.4 is 0 Å². The Morgan fingerprint density at radius 1 is 1.38 bits per heavy atom. The van der Waals surface area contributed by atoms with Crippen molar-refractivity contribution in [3.05, 3.63) is 34.7 Å². The second kappa shape index (κ2) is 2.19. The molecule has 40 valence electrons. The molecule has 0 aromatic carbocycles. The molecule has 0 aromatic heterocycles. The summed E-state index contributed by atoms with van der Waals surface area (Å²) in [7, 11) is 0. The van der Waals surface area contributed by atoms with Crippen LogP contribution in [0.2, 0.25) is 0 Å².